The number of methoxy groups -OCH3 is 1. The average molecular weight is 542 g/mol. The third kappa shape index (κ3) is 7.53. The quantitative estimate of drug-likeness (QED) is 0.404. The smallest absolute Gasteiger partial charge is 0.323 e. The van der Waals surface area contributed by atoms with Crippen LogP contribution in [0, 0.1) is 5.92 Å². The first-order chi connectivity index (χ1) is 18.5. The minimum Gasteiger partial charge on any atom is -0.497 e. The van der Waals surface area contributed by atoms with E-state index in [1.165, 1.54) is 4.90 Å². The van der Waals surface area contributed by atoms with Gasteiger partial charge in [0.1, 0.15) is 11.9 Å². The van der Waals surface area contributed by atoms with E-state index in [0.717, 1.165) is 0 Å². The van der Waals surface area contributed by atoms with Crippen LogP contribution in [0.5, 0.6) is 11.5 Å². The van der Waals surface area contributed by atoms with Crippen molar-refractivity contribution in [1.82, 2.24) is 15.1 Å². The summed E-state index contributed by atoms with van der Waals surface area (Å²) in [5, 5.41) is 18.3. The fourth-order valence-corrected chi connectivity index (χ4v) is 4.23. The summed E-state index contributed by atoms with van der Waals surface area (Å²) in [6.45, 7) is 7.81. The number of fused-ring (bicyclic) bond motifs is 1. The highest BCUT2D eigenvalue weighted by Crippen LogP contribution is 2.35. The van der Waals surface area contributed by atoms with Gasteiger partial charge in [0.25, 0.3) is 5.91 Å². The number of nitrogens with zero attached hydrogens (tertiary/aromatic N) is 2. The maximum Gasteiger partial charge on any atom is 0.323 e. The van der Waals surface area contributed by atoms with Gasteiger partial charge >= 0.3 is 12.1 Å². The summed E-state index contributed by atoms with van der Waals surface area (Å²) >= 11 is 0. The second kappa shape index (κ2) is 13.2. The normalized spacial score (nSPS) is 17.7. The Labute approximate surface area is 229 Å². The lowest BCUT2D eigenvalue weighted by Gasteiger charge is -2.38. The van der Waals surface area contributed by atoms with Gasteiger partial charge in [-0.1, -0.05) is 13.0 Å². The van der Waals surface area contributed by atoms with E-state index < -0.39 is 18.2 Å². The fourth-order valence-electron chi connectivity index (χ4n) is 4.23. The standard InChI is InChI=1S/C28H39N5O6/c1-17(2)29-28(37)32(5)15-24-18(3)14-33(19(4)16-34)26(35)22-8-7-9-23(25(22)39-24)31-27(36)30-20-10-12-21(38-6)13-11-20/h7-13,17-19,24,34H,14-16H2,1-6H3,(H,29,37)(H2,30,31,36)/t18-,19-,24-/m0/s1. The Hall–Kier alpha value is -3.99. The molecule has 0 spiro atoms. The molecule has 39 heavy (non-hydrogen) atoms. The van der Waals surface area contributed by atoms with Crippen LogP contribution in [0.25, 0.3) is 0 Å². The highest BCUT2D eigenvalue weighted by molar-refractivity contribution is 6.04. The van der Waals surface area contributed by atoms with Crippen molar-refractivity contribution in [3.63, 3.8) is 0 Å². The second-order valence-electron chi connectivity index (χ2n) is 10.1. The highest BCUT2D eigenvalue weighted by Gasteiger charge is 2.35. The van der Waals surface area contributed by atoms with Crippen molar-refractivity contribution >= 4 is 29.3 Å². The van der Waals surface area contributed by atoms with Crippen LogP contribution in [-0.4, -0.2) is 84.9 Å². The Bertz CT molecular complexity index is 1160. The lowest BCUT2D eigenvalue weighted by Crippen LogP contribution is -2.51. The van der Waals surface area contributed by atoms with E-state index in [1.54, 1.807) is 68.4 Å². The van der Waals surface area contributed by atoms with Crippen molar-refractivity contribution in [3.8, 4) is 11.5 Å². The predicted octanol–water partition coefficient (Wildman–Crippen LogP) is 3.61. The molecule has 1 heterocycles. The first-order valence-corrected chi connectivity index (χ1v) is 13.0. The van der Waals surface area contributed by atoms with E-state index in [9.17, 15) is 19.5 Å². The molecule has 3 rings (SSSR count). The number of urea groups is 2. The molecule has 11 nitrogen and oxygen atoms in total. The maximum absolute atomic E-state index is 13.6. The molecule has 2 aromatic carbocycles. The summed E-state index contributed by atoms with van der Waals surface area (Å²) in [4.78, 5) is 42.3. The molecule has 0 aromatic heterocycles. The largest absolute Gasteiger partial charge is 0.497 e. The summed E-state index contributed by atoms with van der Waals surface area (Å²) in [6, 6.07) is 10.6. The van der Waals surface area contributed by atoms with Crippen molar-refractivity contribution in [3.05, 3.63) is 48.0 Å². The van der Waals surface area contributed by atoms with Crippen LogP contribution in [0.3, 0.4) is 0 Å². The van der Waals surface area contributed by atoms with E-state index in [0.29, 0.717) is 23.7 Å². The summed E-state index contributed by atoms with van der Waals surface area (Å²) in [6.07, 6.45) is -0.513. The van der Waals surface area contributed by atoms with Gasteiger partial charge in [-0.05, 0) is 57.2 Å². The van der Waals surface area contributed by atoms with Crippen LogP contribution < -0.4 is 25.4 Å². The van der Waals surface area contributed by atoms with Gasteiger partial charge in [-0.2, -0.15) is 0 Å². The van der Waals surface area contributed by atoms with Gasteiger partial charge in [0.15, 0.2) is 5.75 Å². The minimum absolute atomic E-state index is 0.0325. The number of hydrogen-bond acceptors (Lipinski definition) is 6. The third-order valence-electron chi connectivity index (χ3n) is 6.50. The van der Waals surface area contributed by atoms with Gasteiger partial charge in [0, 0.05) is 31.2 Å². The third-order valence-corrected chi connectivity index (χ3v) is 6.50. The molecule has 0 radical (unpaired) electrons. The summed E-state index contributed by atoms with van der Waals surface area (Å²) in [7, 11) is 3.24. The summed E-state index contributed by atoms with van der Waals surface area (Å²) in [5.41, 5.74) is 1.11. The molecule has 4 N–H and O–H groups in total. The number of benzene rings is 2. The van der Waals surface area contributed by atoms with Crippen molar-refractivity contribution in [2.45, 2.75) is 45.9 Å². The molecule has 0 bridgehead atoms. The molecule has 11 heteroatoms. The van der Waals surface area contributed by atoms with Gasteiger partial charge < -0.3 is 40.3 Å². The number of anilines is 2. The molecule has 5 amide bonds. The van der Waals surface area contributed by atoms with Gasteiger partial charge in [-0.3, -0.25) is 4.79 Å². The Kier molecular flexibility index (Phi) is 10.00. The molecule has 0 saturated heterocycles. The van der Waals surface area contributed by atoms with Crippen molar-refractivity contribution in [2.24, 2.45) is 5.92 Å². The lowest BCUT2D eigenvalue weighted by atomic mass is 9.99. The highest BCUT2D eigenvalue weighted by atomic mass is 16.5. The van der Waals surface area contributed by atoms with Crippen molar-refractivity contribution in [2.75, 3.05) is 44.5 Å². The number of amides is 5. The van der Waals surface area contributed by atoms with Crippen LogP contribution in [0.15, 0.2) is 42.5 Å². The first-order valence-electron chi connectivity index (χ1n) is 13.0. The molecule has 0 fully saturated rings. The van der Waals surface area contributed by atoms with Crippen LogP contribution in [0.4, 0.5) is 21.0 Å². The van der Waals surface area contributed by atoms with Gasteiger partial charge in [0.2, 0.25) is 0 Å². The molecule has 212 valence electrons. The van der Waals surface area contributed by atoms with Crippen LogP contribution in [-0.2, 0) is 0 Å². The van der Waals surface area contributed by atoms with Crippen LogP contribution >= 0.6 is 0 Å². The van der Waals surface area contributed by atoms with Gasteiger partial charge in [0.05, 0.1) is 37.6 Å². The van der Waals surface area contributed by atoms with Crippen LogP contribution in [0.2, 0.25) is 0 Å². The van der Waals surface area contributed by atoms with E-state index in [4.69, 9.17) is 9.47 Å². The molecular weight excluding hydrogens is 502 g/mol. The summed E-state index contributed by atoms with van der Waals surface area (Å²) < 4.78 is 11.6. The number of aliphatic hydroxyl groups is 1. The zero-order chi connectivity index (χ0) is 28.7. The summed E-state index contributed by atoms with van der Waals surface area (Å²) in [5.74, 6) is 0.344. The molecular formula is C28H39N5O6. The Morgan fingerprint density at radius 1 is 1.15 bits per heavy atom. The molecule has 0 unspecified atom stereocenters. The number of nitrogens with one attached hydrogen (secondary N) is 3. The zero-order valence-electron chi connectivity index (χ0n) is 23.4. The first kappa shape index (κ1) is 29.6. The Balaban J connectivity index is 1.93. The number of rotatable bonds is 8. The van der Waals surface area contributed by atoms with Crippen LogP contribution in [0.1, 0.15) is 38.1 Å². The fraction of sp³-hybridized carbons (Fsp3) is 0.464. The van der Waals surface area contributed by atoms with Gasteiger partial charge in [-0.25, -0.2) is 9.59 Å². The minimum atomic E-state index is -0.523. The average Bonchev–Trinajstić information content (AvgIpc) is 2.90. The number of ether oxygens (including phenoxy) is 2. The molecule has 2 aromatic rings. The molecule has 1 aliphatic heterocycles. The number of para-hydroxylation sites is 1. The van der Waals surface area contributed by atoms with E-state index in [-0.39, 0.29) is 48.4 Å². The number of aliphatic hydroxyl groups excluding tert-OH is 1. The van der Waals surface area contributed by atoms with Crippen molar-refractivity contribution in [1.29, 1.82) is 0 Å². The van der Waals surface area contributed by atoms with E-state index in [1.807, 2.05) is 20.8 Å². The SMILES string of the molecule is COc1ccc(NC(=O)Nc2cccc3c2O[C@@H](CN(C)C(=O)NC(C)C)[C@@H](C)CN([C@@H](C)CO)C3=O)cc1. The number of carbonyl (C=O) groups excluding carboxylic acids is 3. The monoisotopic (exact) mass is 541 g/mol. The lowest BCUT2D eigenvalue weighted by molar-refractivity contribution is 0.0368. The zero-order valence-corrected chi connectivity index (χ0v) is 23.4. The van der Waals surface area contributed by atoms with Crippen molar-refractivity contribution < 1.29 is 29.0 Å². The molecule has 3 atom stereocenters. The van der Waals surface area contributed by atoms with E-state index >= 15 is 0 Å². The Morgan fingerprint density at radius 2 is 1.85 bits per heavy atom. The molecule has 0 saturated carbocycles. The molecule has 1 aliphatic rings. The maximum atomic E-state index is 13.6. The van der Waals surface area contributed by atoms with E-state index in [2.05, 4.69) is 16.0 Å². The second-order valence-corrected chi connectivity index (χ2v) is 10.1. The number of hydrogen-bond donors (Lipinski definition) is 4. The molecule has 0 aliphatic carbocycles. The topological polar surface area (TPSA) is 132 Å². The van der Waals surface area contributed by atoms with Gasteiger partial charge in [-0.15, -0.1) is 0 Å². The number of carbonyl (C=O) groups is 3. The Morgan fingerprint density at radius 3 is 2.46 bits per heavy atom. The predicted molar refractivity (Wildman–Crippen MR) is 150 cm³/mol. The number of likely N-dealkylation sites (N-methyl/N-ethyl adjacent to an activating group) is 1.